The van der Waals surface area contributed by atoms with Crippen LogP contribution in [0.5, 0.6) is 0 Å². The molecule has 0 aliphatic carbocycles. The van der Waals surface area contributed by atoms with Gasteiger partial charge in [-0.3, -0.25) is 10.1 Å². The predicted octanol–water partition coefficient (Wildman–Crippen LogP) is 4.86. The van der Waals surface area contributed by atoms with E-state index in [1.807, 2.05) is 6.08 Å². The standard InChI is InChI=1S/C18H19NO2/c1-14-7-8-17(13-15(14)2)6-4-3-5-16-9-11-18(12-10-16)19(20)21/h3,5,7-13H,4,6H2,1-2H3. The van der Waals surface area contributed by atoms with Crippen LogP contribution in [0.4, 0.5) is 5.69 Å². The third kappa shape index (κ3) is 4.28. The van der Waals surface area contributed by atoms with Crippen molar-refractivity contribution in [1.82, 2.24) is 0 Å². The van der Waals surface area contributed by atoms with Gasteiger partial charge in [0.15, 0.2) is 0 Å². The number of aryl methyl sites for hydroxylation is 3. The van der Waals surface area contributed by atoms with Crippen LogP contribution < -0.4 is 0 Å². The first-order valence-electron chi connectivity index (χ1n) is 7.03. The van der Waals surface area contributed by atoms with E-state index in [9.17, 15) is 10.1 Å². The average molecular weight is 281 g/mol. The molecule has 0 aliphatic rings. The lowest BCUT2D eigenvalue weighted by molar-refractivity contribution is -0.384. The van der Waals surface area contributed by atoms with Crippen LogP contribution in [-0.4, -0.2) is 4.92 Å². The van der Waals surface area contributed by atoms with Gasteiger partial charge in [0.25, 0.3) is 5.69 Å². The Hall–Kier alpha value is -2.42. The van der Waals surface area contributed by atoms with Crippen LogP contribution in [0.3, 0.4) is 0 Å². The van der Waals surface area contributed by atoms with Gasteiger partial charge in [-0.2, -0.15) is 0 Å². The molecule has 0 aliphatic heterocycles. The molecule has 0 saturated carbocycles. The molecule has 2 aromatic rings. The van der Waals surface area contributed by atoms with Crippen molar-refractivity contribution in [3.63, 3.8) is 0 Å². The summed E-state index contributed by atoms with van der Waals surface area (Å²) in [7, 11) is 0. The van der Waals surface area contributed by atoms with Gasteiger partial charge in [-0.15, -0.1) is 0 Å². The van der Waals surface area contributed by atoms with Crippen LogP contribution in [0.1, 0.15) is 28.7 Å². The fraction of sp³-hybridized carbons (Fsp3) is 0.222. The highest BCUT2D eigenvalue weighted by atomic mass is 16.6. The van der Waals surface area contributed by atoms with Crippen LogP contribution in [0, 0.1) is 24.0 Å². The molecule has 108 valence electrons. The lowest BCUT2D eigenvalue weighted by atomic mass is 10.0. The first-order chi connectivity index (χ1) is 10.1. The van der Waals surface area contributed by atoms with E-state index >= 15 is 0 Å². The van der Waals surface area contributed by atoms with Crippen LogP contribution in [0.2, 0.25) is 0 Å². The first kappa shape index (κ1) is 15.0. The number of benzene rings is 2. The van der Waals surface area contributed by atoms with Crippen molar-refractivity contribution in [1.29, 1.82) is 0 Å². The second-order valence-electron chi connectivity index (χ2n) is 5.21. The molecular weight excluding hydrogens is 262 g/mol. The number of rotatable bonds is 5. The lowest BCUT2D eigenvalue weighted by Crippen LogP contribution is -1.87. The minimum atomic E-state index is -0.382. The number of nitrogens with zero attached hydrogens (tertiary/aromatic N) is 1. The monoisotopic (exact) mass is 281 g/mol. The first-order valence-corrected chi connectivity index (χ1v) is 7.03. The van der Waals surface area contributed by atoms with Crippen LogP contribution in [0.15, 0.2) is 48.5 Å². The molecule has 0 spiro atoms. The summed E-state index contributed by atoms with van der Waals surface area (Å²) in [6.07, 6.45) is 6.07. The number of allylic oxidation sites excluding steroid dienone is 1. The molecule has 2 rings (SSSR count). The molecule has 2 aromatic carbocycles. The highest BCUT2D eigenvalue weighted by Gasteiger charge is 2.02. The summed E-state index contributed by atoms with van der Waals surface area (Å²) >= 11 is 0. The van der Waals surface area contributed by atoms with Gasteiger partial charge in [0.05, 0.1) is 4.92 Å². The molecule has 0 fully saturated rings. The molecule has 0 N–H and O–H groups in total. The fourth-order valence-electron chi connectivity index (χ4n) is 2.14. The average Bonchev–Trinajstić information content (AvgIpc) is 2.47. The van der Waals surface area contributed by atoms with Crippen LogP contribution >= 0.6 is 0 Å². The lowest BCUT2D eigenvalue weighted by Gasteiger charge is -2.03. The summed E-state index contributed by atoms with van der Waals surface area (Å²) in [5.41, 5.74) is 5.10. The summed E-state index contributed by atoms with van der Waals surface area (Å²) < 4.78 is 0. The Kier molecular flexibility index (Phi) is 4.88. The van der Waals surface area contributed by atoms with Crippen molar-refractivity contribution in [2.24, 2.45) is 0 Å². The molecule has 3 nitrogen and oxygen atoms in total. The Morgan fingerprint density at radius 2 is 1.76 bits per heavy atom. The summed E-state index contributed by atoms with van der Waals surface area (Å²) in [5.74, 6) is 0. The zero-order valence-corrected chi connectivity index (χ0v) is 12.4. The molecule has 0 aromatic heterocycles. The van der Waals surface area contributed by atoms with E-state index in [-0.39, 0.29) is 10.6 Å². The summed E-state index contributed by atoms with van der Waals surface area (Å²) in [4.78, 5) is 10.2. The summed E-state index contributed by atoms with van der Waals surface area (Å²) in [6.45, 7) is 4.25. The maximum Gasteiger partial charge on any atom is 0.269 e. The minimum absolute atomic E-state index is 0.127. The van der Waals surface area contributed by atoms with Gasteiger partial charge in [0.1, 0.15) is 0 Å². The smallest absolute Gasteiger partial charge is 0.258 e. The number of non-ortho nitro benzene ring substituents is 1. The minimum Gasteiger partial charge on any atom is -0.258 e. The van der Waals surface area contributed by atoms with Gasteiger partial charge < -0.3 is 0 Å². The molecule has 0 unspecified atom stereocenters. The molecule has 21 heavy (non-hydrogen) atoms. The molecule has 0 saturated heterocycles. The van der Waals surface area contributed by atoms with E-state index in [2.05, 4.69) is 38.1 Å². The topological polar surface area (TPSA) is 43.1 Å². The maximum atomic E-state index is 10.6. The van der Waals surface area contributed by atoms with Crippen LogP contribution in [0.25, 0.3) is 6.08 Å². The number of hydrogen-bond acceptors (Lipinski definition) is 2. The highest BCUT2D eigenvalue weighted by Crippen LogP contribution is 2.14. The van der Waals surface area contributed by atoms with Crippen molar-refractivity contribution in [3.8, 4) is 0 Å². The Balaban J connectivity index is 1.90. The zero-order valence-electron chi connectivity index (χ0n) is 12.4. The quantitative estimate of drug-likeness (QED) is 0.580. The summed E-state index contributed by atoms with van der Waals surface area (Å²) in [5, 5.41) is 10.6. The van der Waals surface area contributed by atoms with Crippen LogP contribution in [-0.2, 0) is 6.42 Å². The molecule has 0 atom stereocenters. The molecule has 0 heterocycles. The zero-order chi connectivity index (χ0) is 15.2. The van der Waals surface area contributed by atoms with Gasteiger partial charge >= 0.3 is 0 Å². The van der Waals surface area contributed by atoms with E-state index in [1.165, 1.54) is 28.8 Å². The van der Waals surface area contributed by atoms with E-state index < -0.39 is 0 Å². The highest BCUT2D eigenvalue weighted by molar-refractivity contribution is 5.51. The van der Waals surface area contributed by atoms with E-state index in [1.54, 1.807) is 12.1 Å². The van der Waals surface area contributed by atoms with Crippen molar-refractivity contribution in [2.75, 3.05) is 0 Å². The van der Waals surface area contributed by atoms with E-state index in [0.29, 0.717) is 0 Å². The van der Waals surface area contributed by atoms with Gasteiger partial charge in [-0.1, -0.05) is 30.4 Å². The van der Waals surface area contributed by atoms with Gasteiger partial charge in [-0.05, 0) is 61.1 Å². The van der Waals surface area contributed by atoms with E-state index in [4.69, 9.17) is 0 Å². The van der Waals surface area contributed by atoms with Gasteiger partial charge in [-0.25, -0.2) is 0 Å². The Morgan fingerprint density at radius 1 is 1.05 bits per heavy atom. The second kappa shape index (κ2) is 6.84. The predicted molar refractivity (Wildman–Crippen MR) is 86.4 cm³/mol. The molecule has 0 amide bonds. The van der Waals surface area contributed by atoms with Crippen molar-refractivity contribution >= 4 is 11.8 Å². The number of nitro groups is 1. The summed E-state index contributed by atoms with van der Waals surface area (Å²) in [6, 6.07) is 13.2. The number of nitro benzene ring substituents is 1. The number of hydrogen-bond donors (Lipinski definition) is 0. The van der Waals surface area contributed by atoms with Crippen molar-refractivity contribution in [2.45, 2.75) is 26.7 Å². The third-order valence-corrected chi connectivity index (χ3v) is 3.59. The van der Waals surface area contributed by atoms with Crippen molar-refractivity contribution < 1.29 is 4.92 Å². The Labute approximate surface area is 125 Å². The fourth-order valence-corrected chi connectivity index (χ4v) is 2.14. The SMILES string of the molecule is Cc1ccc(CCC=Cc2ccc([N+](=O)[O-])cc2)cc1C. The maximum absolute atomic E-state index is 10.6. The van der Waals surface area contributed by atoms with Gasteiger partial charge in [0.2, 0.25) is 0 Å². The molecule has 3 heteroatoms. The normalized spacial score (nSPS) is 11.0. The molecule has 0 bridgehead atoms. The third-order valence-electron chi connectivity index (χ3n) is 3.59. The Morgan fingerprint density at radius 3 is 2.38 bits per heavy atom. The van der Waals surface area contributed by atoms with Crippen molar-refractivity contribution in [3.05, 3.63) is 80.9 Å². The molecule has 0 radical (unpaired) electrons. The molecular formula is C18H19NO2. The van der Waals surface area contributed by atoms with Gasteiger partial charge in [0, 0.05) is 12.1 Å². The second-order valence-corrected chi connectivity index (χ2v) is 5.21. The Bertz CT molecular complexity index is 657. The van der Waals surface area contributed by atoms with E-state index in [0.717, 1.165) is 18.4 Å². The largest absolute Gasteiger partial charge is 0.269 e.